The van der Waals surface area contributed by atoms with Crippen LogP contribution < -0.4 is 0 Å². The Labute approximate surface area is 149 Å². The first-order valence-corrected chi connectivity index (χ1v) is 9.02. The summed E-state index contributed by atoms with van der Waals surface area (Å²) in [6.45, 7) is 7.05. The van der Waals surface area contributed by atoms with E-state index in [9.17, 15) is 9.50 Å². The van der Waals surface area contributed by atoms with Crippen LogP contribution in [0.5, 0.6) is 0 Å². The number of halogens is 1. The minimum atomic E-state index is -0.196. The summed E-state index contributed by atoms with van der Waals surface area (Å²) < 4.78 is 13.1. The van der Waals surface area contributed by atoms with Crippen LogP contribution in [0.15, 0.2) is 48.5 Å². The van der Waals surface area contributed by atoms with Crippen molar-refractivity contribution >= 4 is 0 Å². The van der Waals surface area contributed by atoms with E-state index in [0.29, 0.717) is 6.04 Å². The molecular formula is C21H27FN2O. The van der Waals surface area contributed by atoms with Crippen molar-refractivity contribution in [3.05, 3.63) is 71.0 Å². The standard InChI is InChI=1S/C21H27FN2O/c1-17-4-2-3-5-19(17)15-23-11-12-24(21(16-23)10-13-25)14-18-6-8-20(22)9-7-18/h2-9,21,25H,10-16H2,1H3. The third-order valence-corrected chi connectivity index (χ3v) is 5.11. The maximum absolute atomic E-state index is 13.1. The van der Waals surface area contributed by atoms with Crippen molar-refractivity contribution in [1.29, 1.82) is 0 Å². The van der Waals surface area contributed by atoms with E-state index in [-0.39, 0.29) is 12.4 Å². The number of hydrogen-bond donors (Lipinski definition) is 1. The lowest BCUT2D eigenvalue weighted by Gasteiger charge is -2.41. The van der Waals surface area contributed by atoms with Crippen LogP contribution in [-0.4, -0.2) is 47.2 Å². The van der Waals surface area contributed by atoms with Crippen LogP contribution in [-0.2, 0) is 13.1 Å². The average Bonchev–Trinajstić information content (AvgIpc) is 2.61. The number of aryl methyl sites for hydroxylation is 1. The van der Waals surface area contributed by atoms with Crippen LogP contribution in [0.1, 0.15) is 23.1 Å². The highest BCUT2D eigenvalue weighted by Crippen LogP contribution is 2.19. The van der Waals surface area contributed by atoms with Gasteiger partial charge in [0.25, 0.3) is 0 Å². The van der Waals surface area contributed by atoms with Crippen molar-refractivity contribution in [3.63, 3.8) is 0 Å². The second-order valence-corrected chi connectivity index (χ2v) is 6.92. The van der Waals surface area contributed by atoms with Gasteiger partial charge in [0.2, 0.25) is 0 Å². The minimum absolute atomic E-state index is 0.196. The summed E-state index contributed by atoms with van der Waals surface area (Å²) in [4.78, 5) is 4.89. The lowest BCUT2D eigenvalue weighted by molar-refractivity contribution is 0.0499. The molecule has 1 heterocycles. The lowest BCUT2D eigenvalue weighted by atomic mass is 10.0. The van der Waals surface area contributed by atoms with Crippen molar-refractivity contribution in [2.24, 2.45) is 0 Å². The van der Waals surface area contributed by atoms with Crippen LogP contribution in [0.2, 0.25) is 0 Å². The van der Waals surface area contributed by atoms with Gasteiger partial charge in [-0.15, -0.1) is 0 Å². The Bertz CT molecular complexity index is 674. The van der Waals surface area contributed by atoms with Crippen LogP contribution in [0, 0.1) is 12.7 Å². The topological polar surface area (TPSA) is 26.7 Å². The molecule has 0 radical (unpaired) electrons. The Morgan fingerprint density at radius 2 is 1.80 bits per heavy atom. The molecule has 3 rings (SSSR count). The normalized spacial score (nSPS) is 19.2. The SMILES string of the molecule is Cc1ccccc1CN1CCN(Cc2ccc(F)cc2)C(CCO)C1. The van der Waals surface area contributed by atoms with Crippen molar-refractivity contribution in [1.82, 2.24) is 9.80 Å². The van der Waals surface area contributed by atoms with Crippen LogP contribution >= 0.6 is 0 Å². The molecule has 0 aliphatic carbocycles. The van der Waals surface area contributed by atoms with Crippen LogP contribution in [0.4, 0.5) is 4.39 Å². The van der Waals surface area contributed by atoms with Gasteiger partial charge in [0.15, 0.2) is 0 Å². The Kier molecular flexibility index (Phi) is 6.19. The van der Waals surface area contributed by atoms with Crippen molar-refractivity contribution in [2.75, 3.05) is 26.2 Å². The zero-order valence-electron chi connectivity index (χ0n) is 14.9. The number of aliphatic hydroxyl groups excluding tert-OH is 1. The van der Waals surface area contributed by atoms with Crippen molar-refractivity contribution < 1.29 is 9.50 Å². The van der Waals surface area contributed by atoms with E-state index in [1.807, 2.05) is 12.1 Å². The molecule has 1 aliphatic rings. The first-order valence-electron chi connectivity index (χ1n) is 9.02. The molecule has 0 bridgehead atoms. The molecule has 25 heavy (non-hydrogen) atoms. The summed E-state index contributed by atoms with van der Waals surface area (Å²) in [7, 11) is 0. The predicted molar refractivity (Wildman–Crippen MR) is 98.8 cm³/mol. The number of rotatable bonds is 6. The van der Waals surface area contributed by atoms with Gasteiger partial charge in [-0.05, 0) is 42.2 Å². The smallest absolute Gasteiger partial charge is 0.123 e. The summed E-state index contributed by atoms with van der Waals surface area (Å²) in [6.07, 6.45) is 0.769. The van der Waals surface area contributed by atoms with E-state index in [2.05, 4.69) is 41.0 Å². The van der Waals surface area contributed by atoms with Gasteiger partial charge in [-0.2, -0.15) is 0 Å². The van der Waals surface area contributed by atoms with Gasteiger partial charge in [-0.1, -0.05) is 36.4 Å². The van der Waals surface area contributed by atoms with Gasteiger partial charge in [0.05, 0.1) is 0 Å². The highest BCUT2D eigenvalue weighted by atomic mass is 19.1. The summed E-state index contributed by atoms with van der Waals surface area (Å²) in [5.41, 5.74) is 3.82. The molecule has 1 aliphatic heterocycles. The van der Waals surface area contributed by atoms with Gasteiger partial charge < -0.3 is 5.11 Å². The molecule has 1 atom stereocenters. The van der Waals surface area contributed by atoms with E-state index in [0.717, 1.165) is 44.7 Å². The predicted octanol–water partition coefficient (Wildman–Crippen LogP) is 3.20. The second kappa shape index (κ2) is 8.56. The molecule has 0 spiro atoms. The number of piperazine rings is 1. The fourth-order valence-corrected chi connectivity index (χ4v) is 3.58. The van der Waals surface area contributed by atoms with Gasteiger partial charge in [-0.3, -0.25) is 9.80 Å². The molecule has 0 amide bonds. The number of hydrogen-bond acceptors (Lipinski definition) is 3. The monoisotopic (exact) mass is 342 g/mol. The highest BCUT2D eigenvalue weighted by Gasteiger charge is 2.26. The largest absolute Gasteiger partial charge is 0.396 e. The Morgan fingerprint density at radius 3 is 2.52 bits per heavy atom. The van der Waals surface area contributed by atoms with E-state index >= 15 is 0 Å². The van der Waals surface area contributed by atoms with Crippen LogP contribution in [0.25, 0.3) is 0 Å². The van der Waals surface area contributed by atoms with Crippen molar-refractivity contribution in [3.8, 4) is 0 Å². The minimum Gasteiger partial charge on any atom is -0.396 e. The van der Waals surface area contributed by atoms with Crippen LogP contribution in [0.3, 0.4) is 0 Å². The number of aliphatic hydroxyl groups is 1. The quantitative estimate of drug-likeness (QED) is 0.873. The molecule has 134 valence electrons. The zero-order chi connectivity index (χ0) is 17.6. The van der Waals surface area contributed by atoms with Gasteiger partial charge in [-0.25, -0.2) is 4.39 Å². The van der Waals surface area contributed by atoms with E-state index in [1.54, 1.807) is 0 Å². The summed E-state index contributed by atoms with van der Waals surface area (Å²) >= 11 is 0. The Balaban J connectivity index is 1.63. The van der Waals surface area contributed by atoms with E-state index in [4.69, 9.17) is 0 Å². The first-order chi connectivity index (χ1) is 12.2. The highest BCUT2D eigenvalue weighted by molar-refractivity contribution is 5.25. The molecule has 0 aromatic heterocycles. The average molecular weight is 342 g/mol. The van der Waals surface area contributed by atoms with Gasteiger partial charge in [0.1, 0.15) is 5.82 Å². The second-order valence-electron chi connectivity index (χ2n) is 6.92. The third-order valence-electron chi connectivity index (χ3n) is 5.11. The van der Waals surface area contributed by atoms with E-state index in [1.165, 1.54) is 23.3 Å². The molecule has 3 nitrogen and oxygen atoms in total. The molecule has 1 saturated heterocycles. The Hall–Kier alpha value is -1.75. The fraction of sp³-hybridized carbons (Fsp3) is 0.429. The summed E-state index contributed by atoms with van der Waals surface area (Å²) in [6, 6.07) is 15.6. The fourth-order valence-electron chi connectivity index (χ4n) is 3.58. The first kappa shape index (κ1) is 18.1. The molecule has 2 aromatic rings. The molecule has 1 unspecified atom stereocenters. The number of nitrogens with zero attached hydrogens (tertiary/aromatic N) is 2. The lowest BCUT2D eigenvalue weighted by Crippen LogP contribution is -2.52. The molecule has 1 fully saturated rings. The molecule has 0 saturated carbocycles. The van der Waals surface area contributed by atoms with E-state index < -0.39 is 0 Å². The number of benzene rings is 2. The van der Waals surface area contributed by atoms with Gasteiger partial charge in [0, 0.05) is 45.4 Å². The molecule has 2 aromatic carbocycles. The summed E-state index contributed by atoms with van der Waals surface area (Å²) in [5, 5.41) is 9.46. The zero-order valence-corrected chi connectivity index (χ0v) is 14.9. The maximum atomic E-state index is 13.1. The Morgan fingerprint density at radius 1 is 1.04 bits per heavy atom. The third kappa shape index (κ3) is 4.88. The maximum Gasteiger partial charge on any atom is 0.123 e. The molecular weight excluding hydrogens is 315 g/mol. The molecule has 1 N–H and O–H groups in total. The van der Waals surface area contributed by atoms with Gasteiger partial charge >= 0.3 is 0 Å². The molecule has 4 heteroatoms. The van der Waals surface area contributed by atoms with Crippen molar-refractivity contribution in [2.45, 2.75) is 32.5 Å². The summed E-state index contributed by atoms with van der Waals surface area (Å²) in [5.74, 6) is -0.196.